The van der Waals surface area contributed by atoms with Crippen molar-refractivity contribution in [3.8, 4) is 6.07 Å². The van der Waals surface area contributed by atoms with Crippen LogP contribution in [0.5, 0.6) is 0 Å². The zero-order valence-corrected chi connectivity index (χ0v) is 9.29. The molecule has 14 heavy (non-hydrogen) atoms. The molecule has 2 atom stereocenters. The van der Waals surface area contributed by atoms with Gasteiger partial charge in [0.05, 0.1) is 12.5 Å². The summed E-state index contributed by atoms with van der Waals surface area (Å²) in [5.74, 6) is 0.547. The number of nitrogens with one attached hydrogen (secondary N) is 1. The third-order valence-corrected chi connectivity index (χ3v) is 2.39. The van der Waals surface area contributed by atoms with Gasteiger partial charge in [0.1, 0.15) is 0 Å². The minimum absolute atomic E-state index is 0.262. The van der Waals surface area contributed by atoms with E-state index < -0.39 is 0 Å². The molecule has 2 unspecified atom stereocenters. The highest BCUT2D eigenvalue weighted by atomic mass is 16.3. The van der Waals surface area contributed by atoms with Crippen LogP contribution < -0.4 is 5.32 Å². The summed E-state index contributed by atoms with van der Waals surface area (Å²) in [5, 5.41) is 20.7. The molecule has 0 aliphatic carbocycles. The molecule has 0 heterocycles. The Labute approximate surface area is 87.1 Å². The summed E-state index contributed by atoms with van der Waals surface area (Å²) in [6.07, 6.45) is 3.71. The van der Waals surface area contributed by atoms with E-state index in [0.29, 0.717) is 12.3 Å². The molecule has 3 nitrogen and oxygen atoms in total. The lowest BCUT2D eigenvalue weighted by atomic mass is 10.00. The average molecular weight is 198 g/mol. The lowest BCUT2D eigenvalue weighted by Crippen LogP contribution is -2.31. The van der Waals surface area contributed by atoms with Gasteiger partial charge in [0.15, 0.2) is 0 Å². The summed E-state index contributed by atoms with van der Waals surface area (Å²) in [6, 6.07) is 2.41. The van der Waals surface area contributed by atoms with Gasteiger partial charge in [0.25, 0.3) is 0 Å². The Morgan fingerprint density at radius 2 is 2.14 bits per heavy atom. The van der Waals surface area contributed by atoms with Gasteiger partial charge in [-0.25, -0.2) is 0 Å². The van der Waals surface area contributed by atoms with E-state index in [4.69, 9.17) is 10.4 Å². The van der Waals surface area contributed by atoms with Crippen LogP contribution in [0.25, 0.3) is 0 Å². The highest BCUT2D eigenvalue weighted by Gasteiger charge is 2.08. The van der Waals surface area contributed by atoms with E-state index in [9.17, 15) is 0 Å². The van der Waals surface area contributed by atoms with Crippen molar-refractivity contribution in [1.29, 1.82) is 5.26 Å². The second-order valence-electron chi connectivity index (χ2n) is 3.84. The third kappa shape index (κ3) is 6.88. The molecule has 0 saturated heterocycles. The van der Waals surface area contributed by atoms with Crippen LogP contribution in [0, 0.1) is 17.2 Å². The van der Waals surface area contributed by atoms with E-state index in [1.807, 2.05) is 6.92 Å². The SMILES string of the molecule is CCCC(CCO)CNC(C)CC#N. The summed E-state index contributed by atoms with van der Waals surface area (Å²) in [4.78, 5) is 0. The van der Waals surface area contributed by atoms with Crippen molar-refractivity contribution in [3.05, 3.63) is 0 Å². The zero-order valence-electron chi connectivity index (χ0n) is 9.29. The normalized spacial score (nSPS) is 14.7. The Balaban J connectivity index is 3.64. The fourth-order valence-corrected chi connectivity index (χ4v) is 1.52. The second-order valence-corrected chi connectivity index (χ2v) is 3.84. The fraction of sp³-hybridized carbons (Fsp3) is 0.909. The molecule has 82 valence electrons. The predicted molar refractivity (Wildman–Crippen MR) is 57.8 cm³/mol. The van der Waals surface area contributed by atoms with Crippen LogP contribution in [0.2, 0.25) is 0 Å². The summed E-state index contributed by atoms with van der Waals surface area (Å²) in [7, 11) is 0. The van der Waals surface area contributed by atoms with Crippen LogP contribution in [0.1, 0.15) is 39.5 Å². The molecule has 0 amide bonds. The summed E-state index contributed by atoms with van der Waals surface area (Å²) in [6.45, 7) is 5.35. The first kappa shape index (κ1) is 13.4. The first-order valence-corrected chi connectivity index (χ1v) is 5.45. The predicted octanol–water partition coefficient (Wildman–Crippen LogP) is 1.68. The summed E-state index contributed by atoms with van der Waals surface area (Å²) in [5.41, 5.74) is 0. The van der Waals surface area contributed by atoms with Gasteiger partial charge in [-0.1, -0.05) is 13.3 Å². The highest BCUT2D eigenvalue weighted by Crippen LogP contribution is 2.09. The molecule has 0 bridgehead atoms. The van der Waals surface area contributed by atoms with Gasteiger partial charge in [-0.2, -0.15) is 5.26 Å². The average Bonchev–Trinajstić information content (AvgIpc) is 2.15. The first-order valence-electron chi connectivity index (χ1n) is 5.45. The van der Waals surface area contributed by atoms with Crippen LogP contribution in [-0.2, 0) is 0 Å². The zero-order chi connectivity index (χ0) is 10.8. The van der Waals surface area contributed by atoms with E-state index in [2.05, 4.69) is 18.3 Å². The lowest BCUT2D eigenvalue weighted by Gasteiger charge is -2.18. The molecule has 0 spiro atoms. The van der Waals surface area contributed by atoms with Gasteiger partial charge in [-0.3, -0.25) is 0 Å². The fourth-order valence-electron chi connectivity index (χ4n) is 1.52. The Hall–Kier alpha value is -0.590. The summed E-state index contributed by atoms with van der Waals surface area (Å²) < 4.78 is 0. The highest BCUT2D eigenvalue weighted by molar-refractivity contribution is 4.78. The van der Waals surface area contributed by atoms with E-state index in [1.165, 1.54) is 0 Å². The molecule has 3 heteroatoms. The molecule has 0 aromatic carbocycles. The smallest absolute Gasteiger partial charge is 0.0638 e. The molecule has 2 N–H and O–H groups in total. The Kier molecular flexibility index (Phi) is 8.61. The molecule has 0 rings (SSSR count). The molecule has 0 aromatic rings. The van der Waals surface area contributed by atoms with Crippen LogP contribution >= 0.6 is 0 Å². The Morgan fingerprint density at radius 1 is 1.43 bits per heavy atom. The molecule has 0 aliphatic heterocycles. The van der Waals surface area contributed by atoms with Crippen LogP contribution in [-0.4, -0.2) is 24.3 Å². The lowest BCUT2D eigenvalue weighted by molar-refractivity contribution is 0.245. The second kappa shape index (κ2) is 8.98. The van der Waals surface area contributed by atoms with E-state index in [1.54, 1.807) is 0 Å². The number of aliphatic hydroxyl groups is 1. The maximum absolute atomic E-state index is 8.85. The van der Waals surface area contributed by atoms with Crippen molar-refractivity contribution in [2.24, 2.45) is 5.92 Å². The first-order chi connectivity index (χ1) is 6.74. The maximum Gasteiger partial charge on any atom is 0.0638 e. The number of nitriles is 1. The van der Waals surface area contributed by atoms with E-state index in [0.717, 1.165) is 25.8 Å². The van der Waals surface area contributed by atoms with Gasteiger partial charge < -0.3 is 10.4 Å². The van der Waals surface area contributed by atoms with Crippen LogP contribution in [0.15, 0.2) is 0 Å². The number of hydrogen-bond donors (Lipinski definition) is 2. The monoisotopic (exact) mass is 198 g/mol. The van der Waals surface area contributed by atoms with Gasteiger partial charge in [-0.05, 0) is 32.2 Å². The van der Waals surface area contributed by atoms with Gasteiger partial charge in [0, 0.05) is 12.6 Å². The van der Waals surface area contributed by atoms with E-state index in [-0.39, 0.29) is 12.6 Å². The van der Waals surface area contributed by atoms with Gasteiger partial charge >= 0.3 is 0 Å². The van der Waals surface area contributed by atoms with Crippen molar-refractivity contribution in [1.82, 2.24) is 5.32 Å². The molecule has 0 radical (unpaired) electrons. The van der Waals surface area contributed by atoms with Crippen molar-refractivity contribution >= 4 is 0 Å². The number of nitrogens with zero attached hydrogens (tertiary/aromatic N) is 1. The minimum Gasteiger partial charge on any atom is -0.396 e. The third-order valence-electron chi connectivity index (χ3n) is 2.39. The summed E-state index contributed by atoms with van der Waals surface area (Å²) >= 11 is 0. The number of rotatable bonds is 8. The molecule has 0 aliphatic rings. The van der Waals surface area contributed by atoms with E-state index >= 15 is 0 Å². The Morgan fingerprint density at radius 3 is 2.64 bits per heavy atom. The molecular weight excluding hydrogens is 176 g/mol. The minimum atomic E-state index is 0.262. The largest absolute Gasteiger partial charge is 0.396 e. The van der Waals surface area contributed by atoms with Crippen LogP contribution in [0.3, 0.4) is 0 Å². The van der Waals surface area contributed by atoms with Crippen molar-refractivity contribution < 1.29 is 5.11 Å². The Bertz CT molecular complexity index is 159. The number of hydrogen-bond acceptors (Lipinski definition) is 3. The van der Waals surface area contributed by atoms with Crippen LogP contribution in [0.4, 0.5) is 0 Å². The van der Waals surface area contributed by atoms with Crippen molar-refractivity contribution in [2.75, 3.05) is 13.2 Å². The molecule has 0 aromatic heterocycles. The van der Waals surface area contributed by atoms with Crippen molar-refractivity contribution in [2.45, 2.75) is 45.6 Å². The quantitative estimate of drug-likeness (QED) is 0.624. The number of aliphatic hydroxyl groups excluding tert-OH is 1. The topological polar surface area (TPSA) is 56.0 Å². The van der Waals surface area contributed by atoms with Gasteiger partial charge in [-0.15, -0.1) is 0 Å². The maximum atomic E-state index is 8.85. The molecule has 0 saturated carbocycles. The van der Waals surface area contributed by atoms with Gasteiger partial charge in [0.2, 0.25) is 0 Å². The standard InChI is InChI=1S/C11H22N2O/c1-3-4-11(6-8-14)9-13-10(2)5-7-12/h10-11,13-14H,3-6,8-9H2,1-2H3. The molecule has 0 fully saturated rings. The van der Waals surface area contributed by atoms with Crippen molar-refractivity contribution in [3.63, 3.8) is 0 Å². The molecular formula is C11H22N2O.